The van der Waals surface area contributed by atoms with Crippen LogP contribution < -0.4 is 5.32 Å². The number of benzene rings is 2. The van der Waals surface area contributed by atoms with Gasteiger partial charge in [0.05, 0.1) is 12.2 Å². The van der Waals surface area contributed by atoms with Crippen LogP contribution in [0.5, 0.6) is 0 Å². The fourth-order valence-corrected chi connectivity index (χ4v) is 3.90. The standard InChI is InChI=1S/C22H18F2N6O/c23-17-9-8-15(10-18(17)24)30-20-7-3-5-16(20)21(28-30)22(31)27-19-6-2-1-4-14(19)11-29-13-25-12-26-29/h1-2,4,6,8-10,12-13H,3,5,7,11H2,(H,27,31). The highest BCUT2D eigenvalue weighted by Gasteiger charge is 2.27. The summed E-state index contributed by atoms with van der Waals surface area (Å²) in [7, 11) is 0. The number of halogens is 2. The Bertz CT molecular complexity index is 1270. The van der Waals surface area contributed by atoms with Crippen molar-refractivity contribution in [3.8, 4) is 5.69 Å². The number of nitrogens with zero attached hydrogens (tertiary/aromatic N) is 5. The van der Waals surface area contributed by atoms with Gasteiger partial charge in [0, 0.05) is 23.0 Å². The zero-order chi connectivity index (χ0) is 21.4. The van der Waals surface area contributed by atoms with Crippen LogP contribution in [0.2, 0.25) is 0 Å². The molecule has 5 rings (SSSR count). The number of carbonyl (C=O) groups is 1. The molecule has 2 aromatic carbocycles. The van der Waals surface area contributed by atoms with Gasteiger partial charge in [-0.25, -0.2) is 23.1 Å². The number of nitrogens with one attached hydrogen (secondary N) is 1. The zero-order valence-electron chi connectivity index (χ0n) is 16.4. The van der Waals surface area contributed by atoms with Crippen molar-refractivity contribution in [2.24, 2.45) is 0 Å². The molecule has 0 aliphatic heterocycles. The molecule has 0 saturated heterocycles. The molecule has 0 fully saturated rings. The third-order valence-electron chi connectivity index (χ3n) is 5.36. The van der Waals surface area contributed by atoms with Gasteiger partial charge in [0.15, 0.2) is 17.3 Å². The number of amides is 1. The van der Waals surface area contributed by atoms with Crippen LogP contribution in [0.25, 0.3) is 5.69 Å². The number of anilines is 1. The average Bonchev–Trinajstić information content (AvgIpc) is 3.50. The molecule has 0 spiro atoms. The van der Waals surface area contributed by atoms with E-state index in [2.05, 4.69) is 20.5 Å². The zero-order valence-corrected chi connectivity index (χ0v) is 16.4. The van der Waals surface area contributed by atoms with Crippen LogP contribution in [0, 0.1) is 11.6 Å². The first-order valence-electron chi connectivity index (χ1n) is 9.88. The van der Waals surface area contributed by atoms with Gasteiger partial charge < -0.3 is 5.32 Å². The highest BCUT2D eigenvalue weighted by Crippen LogP contribution is 2.29. The molecule has 7 nitrogen and oxygen atoms in total. The summed E-state index contributed by atoms with van der Waals surface area (Å²) in [6, 6.07) is 11.1. The van der Waals surface area contributed by atoms with E-state index in [-0.39, 0.29) is 5.91 Å². The monoisotopic (exact) mass is 420 g/mol. The second kappa shape index (κ2) is 7.75. The summed E-state index contributed by atoms with van der Waals surface area (Å²) < 4.78 is 30.3. The molecule has 4 aromatic rings. The predicted octanol–water partition coefficient (Wildman–Crippen LogP) is 3.53. The number of fused-ring (bicyclic) bond motifs is 1. The Morgan fingerprint density at radius 1 is 1.10 bits per heavy atom. The fourth-order valence-electron chi connectivity index (χ4n) is 3.90. The van der Waals surface area contributed by atoms with Crippen LogP contribution >= 0.6 is 0 Å². The van der Waals surface area contributed by atoms with Crippen LogP contribution in [-0.2, 0) is 19.4 Å². The molecule has 1 amide bonds. The summed E-state index contributed by atoms with van der Waals surface area (Å²) in [5.41, 5.74) is 3.91. The maximum atomic E-state index is 13.8. The summed E-state index contributed by atoms with van der Waals surface area (Å²) in [4.78, 5) is 17.1. The highest BCUT2D eigenvalue weighted by molar-refractivity contribution is 6.04. The van der Waals surface area contributed by atoms with Gasteiger partial charge in [0.2, 0.25) is 0 Å². The summed E-state index contributed by atoms with van der Waals surface area (Å²) in [6.07, 6.45) is 5.37. The van der Waals surface area contributed by atoms with E-state index in [1.165, 1.54) is 12.4 Å². The lowest BCUT2D eigenvalue weighted by Crippen LogP contribution is -2.16. The number of hydrogen-bond donors (Lipinski definition) is 1. The van der Waals surface area contributed by atoms with Crippen molar-refractivity contribution in [2.75, 3.05) is 5.32 Å². The van der Waals surface area contributed by atoms with E-state index < -0.39 is 11.6 Å². The molecule has 1 N–H and O–H groups in total. The molecule has 2 aromatic heterocycles. The molecule has 1 aliphatic carbocycles. The lowest BCUT2D eigenvalue weighted by atomic mass is 10.1. The van der Waals surface area contributed by atoms with Crippen LogP contribution in [0.1, 0.15) is 33.7 Å². The van der Waals surface area contributed by atoms with Crippen molar-refractivity contribution in [2.45, 2.75) is 25.8 Å². The van der Waals surface area contributed by atoms with E-state index in [1.54, 1.807) is 15.7 Å². The largest absolute Gasteiger partial charge is 0.320 e. The SMILES string of the molecule is O=C(Nc1ccccc1Cn1cncn1)c1nn(-c2ccc(F)c(F)c2)c2c1CCC2. The molecular weight excluding hydrogens is 402 g/mol. The van der Waals surface area contributed by atoms with Crippen molar-refractivity contribution in [3.05, 3.63) is 89.3 Å². The number of rotatable bonds is 5. The quantitative estimate of drug-likeness (QED) is 0.536. The third-order valence-corrected chi connectivity index (χ3v) is 5.36. The molecule has 0 bridgehead atoms. The van der Waals surface area contributed by atoms with E-state index in [4.69, 9.17) is 0 Å². The molecule has 9 heteroatoms. The number of carbonyl (C=O) groups excluding carboxylic acids is 1. The molecule has 156 valence electrons. The predicted molar refractivity (Wildman–Crippen MR) is 109 cm³/mol. The summed E-state index contributed by atoms with van der Waals surface area (Å²) in [5, 5.41) is 11.5. The van der Waals surface area contributed by atoms with Crippen molar-refractivity contribution in [1.82, 2.24) is 24.5 Å². The maximum Gasteiger partial charge on any atom is 0.276 e. The molecule has 2 heterocycles. The Hall–Kier alpha value is -3.88. The molecule has 0 radical (unpaired) electrons. The fraction of sp³-hybridized carbons (Fsp3) is 0.182. The maximum absolute atomic E-state index is 13.8. The van der Waals surface area contributed by atoms with E-state index in [0.717, 1.165) is 41.8 Å². The highest BCUT2D eigenvalue weighted by atomic mass is 19.2. The number of hydrogen-bond acceptors (Lipinski definition) is 4. The lowest BCUT2D eigenvalue weighted by molar-refractivity contribution is 0.102. The first-order valence-corrected chi connectivity index (χ1v) is 9.88. The van der Waals surface area contributed by atoms with E-state index in [0.29, 0.717) is 30.0 Å². The second-order valence-corrected chi connectivity index (χ2v) is 7.34. The smallest absolute Gasteiger partial charge is 0.276 e. The molecule has 0 saturated carbocycles. The van der Waals surface area contributed by atoms with Crippen LogP contribution in [-0.4, -0.2) is 30.5 Å². The Labute approximate surface area is 176 Å². The van der Waals surface area contributed by atoms with Crippen molar-refractivity contribution >= 4 is 11.6 Å². The normalized spacial score (nSPS) is 12.7. The van der Waals surface area contributed by atoms with Gasteiger partial charge in [-0.2, -0.15) is 10.2 Å². The molecule has 1 aliphatic rings. The Morgan fingerprint density at radius 3 is 2.77 bits per heavy atom. The van der Waals surface area contributed by atoms with Crippen molar-refractivity contribution in [1.29, 1.82) is 0 Å². The minimum atomic E-state index is -0.951. The minimum Gasteiger partial charge on any atom is -0.320 e. The number of aromatic nitrogens is 5. The first kappa shape index (κ1) is 19.1. The van der Waals surface area contributed by atoms with Crippen LogP contribution in [0.4, 0.5) is 14.5 Å². The van der Waals surface area contributed by atoms with Gasteiger partial charge in [0.25, 0.3) is 5.91 Å². The van der Waals surface area contributed by atoms with E-state index in [1.807, 2.05) is 24.3 Å². The second-order valence-electron chi connectivity index (χ2n) is 7.34. The van der Waals surface area contributed by atoms with Crippen molar-refractivity contribution in [3.63, 3.8) is 0 Å². The van der Waals surface area contributed by atoms with Gasteiger partial charge in [-0.1, -0.05) is 18.2 Å². The average molecular weight is 420 g/mol. The van der Waals surface area contributed by atoms with Crippen molar-refractivity contribution < 1.29 is 13.6 Å². The lowest BCUT2D eigenvalue weighted by Gasteiger charge is -2.10. The van der Waals surface area contributed by atoms with Gasteiger partial charge >= 0.3 is 0 Å². The first-order chi connectivity index (χ1) is 15.1. The summed E-state index contributed by atoms with van der Waals surface area (Å²) >= 11 is 0. The molecule has 0 unspecified atom stereocenters. The third kappa shape index (κ3) is 3.58. The van der Waals surface area contributed by atoms with E-state index in [9.17, 15) is 13.6 Å². The molecular formula is C22H18F2N6O. The topological polar surface area (TPSA) is 77.6 Å². The Morgan fingerprint density at radius 2 is 1.97 bits per heavy atom. The molecule has 0 atom stereocenters. The minimum absolute atomic E-state index is 0.299. The van der Waals surface area contributed by atoms with Crippen LogP contribution in [0.15, 0.2) is 55.1 Å². The van der Waals surface area contributed by atoms with E-state index >= 15 is 0 Å². The van der Waals surface area contributed by atoms with Gasteiger partial charge in [-0.3, -0.25) is 4.79 Å². The van der Waals surface area contributed by atoms with Crippen LogP contribution in [0.3, 0.4) is 0 Å². The molecule has 31 heavy (non-hydrogen) atoms. The Balaban J connectivity index is 1.47. The number of para-hydroxylation sites is 1. The Kier molecular flexibility index (Phi) is 4.78. The van der Waals surface area contributed by atoms with Gasteiger partial charge in [0.1, 0.15) is 12.7 Å². The van der Waals surface area contributed by atoms with Gasteiger partial charge in [-0.15, -0.1) is 0 Å². The summed E-state index contributed by atoms with van der Waals surface area (Å²) in [5.74, 6) is -2.21. The summed E-state index contributed by atoms with van der Waals surface area (Å²) in [6.45, 7) is 0.456. The van der Waals surface area contributed by atoms with Gasteiger partial charge in [-0.05, 0) is 43.0 Å².